The molecule has 20 heavy (non-hydrogen) atoms. The molecule has 1 unspecified atom stereocenters. The van der Waals surface area contributed by atoms with E-state index in [0.717, 1.165) is 18.0 Å². The SMILES string of the molecule is CC1(C)CCN(CCC(N)c2ccc(Cl)cc2)CCS1. The number of rotatable bonds is 4. The smallest absolute Gasteiger partial charge is 0.0406 e. The van der Waals surface area contributed by atoms with E-state index in [1.54, 1.807) is 0 Å². The van der Waals surface area contributed by atoms with Crippen LogP contribution >= 0.6 is 23.4 Å². The van der Waals surface area contributed by atoms with Gasteiger partial charge >= 0.3 is 0 Å². The maximum Gasteiger partial charge on any atom is 0.0406 e. The van der Waals surface area contributed by atoms with Crippen molar-refractivity contribution in [1.82, 2.24) is 4.90 Å². The van der Waals surface area contributed by atoms with Crippen LogP contribution in [0.25, 0.3) is 0 Å². The highest BCUT2D eigenvalue weighted by Gasteiger charge is 2.23. The van der Waals surface area contributed by atoms with E-state index in [2.05, 4.69) is 30.5 Å². The second-order valence-corrected chi connectivity index (χ2v) is 8.39. The Kier molecular flexibility index (Phi) is 5.79. The van der Waals surface area contributed by atoms with E-state index in [1.165, 1.54) is 30.8 Å². The molecule has 2 rings (SSSR count). The van der Waals surface area contributed by atoms with Crippen LogP contribution in [0, 0.1) is 0 Å². The minimum absolute atomic E-state index is 0.108. The number of nitrogens with zero attached hydrogens (tertiary/aromatic N) is 1. The Morgan fingerprint density at radius 1 is 1.30 bits per heavy atom. The first-order chi connectivity index (χ1) is 9.46. The van der Waals surface area contributed by atoms with Crippen molar-refractivity contribution >= 4 is 23.4 Å². The first-order valence-electron chi connectivity index (χ1n) is 7.34. The second kappa shape index (κ2) is 7.17. The molecule has 1 aromatic rings. The van der Waals surface area contributed by atoms with Gasteiger partial charge in [0.25, 0.3) is 0 Å². The van der Waals surface area contributed by atoms with Crippen LogP contribution in [0.15, 0.2) is 24.3 Å². The number of halogens is 1. The summed E-state index contributed by atoms with van der Waals surface area (Å²) in [6.45, 7) is 8.15. The Morgan fingerprint density at radius 3 is 2.70 bits per heavy atom. The summed E-state index contributed by atoms with van der Waals surface area (Å²) in [6.07, 6.45) is 2.26. The Bertz CT molecular complexity index is 419. The van der Waals surface area contributed by atoms with Crippen molar-refractivity contribution in [3.8, 4) is 0 Å². The second-order valence-electron chi connectivity index (χ2n) is 6.15. The van der Waals surface area contributed by atoms with E-state index in [9.17, 15) is 0 Å². The Labute approximate surface area is 132 Å². The van der Waals surface area contributed by atoms with Gasteiger partial charge in [-0.3, -0.25) is 0 Å². The van der Waals surface area contributed by atoms with Crippen LogP contribution in [-0.2, 0) is 0 Å². The molecule has 0 saturated carbocycles. The molecule has 1 aliphatic rings. The summed E-state index contributed by atoms with van der Waals surface area (Å²) >= 11 is 8.00. The Balaban J connectivity index is 1.81. The zero-order valence-electron chi connectivity index (χ0n) is 12.4. The van der Waals surface area contributed by atoms with Crippen molar-refractivity contribution in [2.75, 3.05) is 25.4 Å². The topological polar surface area (TPSA) is 29.3 Å². The largest absolute Gasteiger partial charge is 0.324 e. The molecule has 112 valence electrons. The molecule has 1 saturated heterocycles. The Hall–Kier alpha value is -0.220. The molecule has 1 fully saturated rings. The molecule has 1 heterocycles. The standard InChI is InChI=1S/C16H25ClN2S/c1-16(2)8-10-19(11-12-20-16)9-7-15(18)13-3-5-14(17)6-4-13/h3-6,15H,7-12,18H2,1-2H3. The van der Waals surface area contributed by atoms with E-state index >= 15 is 0 Å². The first kappa shape index (κ1) is 16.2. The maximum absolute atomic E-state index is 6.28. The predicted octanol–water partition coefficient (Wildman–Crippen LogP) is 3.95. The lowest BCUT2D eigenvalue weighted by Gasteiger charge is -2.23. The zero-order chi connectivity index (χ0) is 14.6. The minimum Gasteiger partial charge on any atom is -0.324 e. The summed E-state index contributed by atoms with van der Waals surface area (Å²) < 4.78 is 0.424. The molecule has 2 nitrogen and oxygen atoms in total. The van der Waals surface area contributed by atoms with Gasteiger partial charge in [-0.2, -0.15) is 11.8 Å². The Morgan fingerprint density at radius 2 is 2.00 bits per heavy atom. The summed E-state index contributed by atoms with van der Waals surface area (Å²) in [7, 11) is 0. The minimum atomic E-state index is 0.108. The molecular weight excluding hydrogens is 288 g/mol. The van der Waals surface area contributed by atoms with Crippen molar-refractivity contribution in [3.05, 3.63) is 34.9 Å². The van der Waals surface area contributed by atoms with Gasteiger partial charge in [0.05, 0.1) is 0 Å². The third-order valence-electron chi connectivity index (χ3n) is 3.98. The number of hydrogen-bond donors (Lipinski definition) is 1. The van der Waals surface area contributed by atoms with E-state index in [1.807, 2.05) is 24.3 Å². The van der Waals surface area contributed by atoms with Gasteiger partial charge in [-0.1, -0.05) is 37.6 Å². The monoisotopic (exact) mass is 312 g/mol. The van der Waals surface area contributed by atoms with Crippen molar-refractivity contribution in [3.63, 3.8) is 0 Å². The van der Waals surface area contributed by atoms with Crippen LogP contribution in [0.3, 0.4) is 0 Å². The highest BCUT2D eigenvalue weighted by Crippen LogP contribution is 2.30. The van der Waals surface area contributed by atoms with E-state index < -0.39 is 0 Å². The molecule has 1 aromatic carbocycles. The van der Waals surface area contributed by atoms with Crippen molar-refractivity contribution < 1.29 is 0 Å². The third-order valence-corrected chi connectivity index (χ3v) is 5.61. The zero-order valence-corrected chi connectivity index (χ0v) is 14.0. The van der Waals surface area contributed by atoms with Crippen LogP contribution in [0.2, 0.25) is 5.02 Å². The van der Waals surface area contributed by atoms with E-state index in [-0.39, 0.29) is 6.04 Å². The van der Waals surface area contributed by atoms with Crippen molar-refractivity contribution in [2.45, 2.75) is 37.5 Å². The molecule has 0 amide bonds. The van der Waals surface area contributed by atoms with Gasteiger partial charge in [0.1, 0.15) is 0 Å². The van der Waals surface area contributed by atoms with Crippen LogP contribution in [0.1, 0.15) is 38.3 Å². The highest BCUT2D eigenvalue weighted by atomic mass is 35.5. The lowest BCUT2D eigenvalue weighted by Crippen LogP contribution is -2.30. The lowest BCUT2D eigenvalue weighted by molar-refractivity contribution is 0.273. The number of thioether (sulfide) groups is 1. The molecule has 1 atom stereocenters. The summed E-state index contributed by atoms with van der Waals surface area (Å²) in [4.78, 5) is 2.55. The van der Waals surface area contributed by atoms with Crippen molar-refractivity contribution in [1.29, 1.82) is 0 Å². The first-order valence-corrected chi connectivity index (χ1v) is 8.70. The quantitative estimate of drug-likeness (QED) is 0.913. The summed E-state index contributed by atoms with van der Waals surface area (Å²) in [6, 6.07) is 8.02. The maximum atomic E-state index is 6.28. The molecule has 0 radical (unpaired) electrons. The molecule has 0 aromatic heterocycles. The summed E-state index contributed by atoms with van der Waals surface area (Å²) in [5.41, 5.74) is 7.46. The number of benzene rings is 1. The molecule has 0 aliphatic carbocycles. The molecule has 0 spiro atoms. The lowest BCUT2D eigenvalue weighted by atomic mass is 10.0. The molecule has 0 bridgehead atoms. The fourth-order valence-corrected chi connectivity index (χ4v) is 3.75. The van der Waals surface area contributed by atoms with Crippen molar-refractivity contribution in [2.24, 2.45) is 5.73 Å². The van der Waals surface area contributed by atoms with Gasteiger partial charge in [0.15, 0.2) is 0 Å². The van der Waals surface area contributed by atoms with E-state index in [4.69, 9.17) is 17.3 Å². The normalized spacial score (nSPS) is 21.4. The van der Waals surface area contributed by atoms with Gasteiger partial charge in [-0.15, -0.1) is 0 Å². The molecule has 4 heteroatoms. The van der Waals surface area contributed by atoms with Crippen LogP contribution in [-0.4, -0.2) is 35.0 Å². The van der Waals surface area contributed by atoms with Crippen LogP contribution in [0.5, 0.6) is 0 Å². The van der Waals surface area contributed by atoms with Gasteiger partial charge < -0.3 is 10.6 Å². The average molecular weight is 313 g/mol. The third kappa shape index (κ3) is 4.96. The summed E-state index contributed by atoms with van der Waals surface area (Å²) in [5, 5.41) is 0.771. The molecule has 1 aliphatic heterocycles. The molecule has 2 N–H and O–H groups in total. The van der Waals surface area contributed by atoms with E-state index in [0.29, 0.717) is 4.75 Å². The predicted molar refractivity (Wildman–Crippen MR) is 90.6 cm³/mol. The fraction of sp³-hybridized carbons (Fsp3) is 0.625. The van der Waals surface area contributed by atoms with Gasteiger partial charge in [0, 0.05) is 28.1 Å². The average Bonchev–Trinajstić information content (AvgIpc) is 2.58. The fourth-order valence-electron chi connectivity index (χ4n) is 2.48. The van der Waals surface area contributed by atoms with Gasteiger partial charge in [-0.05, 0) is 43.6 Å². The van der Waals surface area contributed by atoms with Gasteiger partial charge in [-0.25, -0.2) is 0 Å². The number of hydrogen-bond acceptors (Lipinski definition) is 3. The summed E-state index contributed by atoms with van der Waals surface area (Å²) in [5.74, 6) is 1.23. The van der Waals surface area contributed by atoms with Gasteiger partial charge in [0.2, 0.25) is 0 Å². The number of nitrogens with two attached hydrogens (primary N) is 1. The van der Waals surface area contributed by atoms with Crippen LogP contribution in [0.4, 0.5) is 0 Å². The highest BCUT2D eigenvalue weighted by molar-refractivity contribution is 8.00. The van der Waals surface area contributed by atoms with Crippen LogP contribution < -0.4 is 5.73 Å². The molecular formula is C16H25ClN2S.